The van der Waals surface area contributed by atoms with E-state index in [9.17, 15) is 19.5 Å². The van der Waals surface area contributed by atoms with Gasteiger partial charge in [-0.05, 0) is 47.5 Å². The topological polar surface area (TPSA) is 131 Å². The highest BCUT2D eigenvalue weighted by atomic mass is 32.2. The first-order valence-electron chi connectivity index (χ1n) is 14.5. The maximum Gasteiger partial charge on any atom is 0.257 e. The zero-order valence-corrected chi connectivity index (χ0v) is 26.1. The molecule has 1 saturated heterocycles. The molecule has 0 spiro atoms. The number of hydrogen-bond donors (Lipinski definition) is 4. The molecule has 2 aromatic heterocycles. The van der Waals surface area contributed by atoms with Crippen molar-refractivity contribution in [2.45, 2.75) is 35.9 Å². The fourth-order valence-electron chi connectivity index (χ4n) is 4.91. The summed E-state index contributed by atoms with van der Waals surface area (Å²) in [4.78, 5) is 48.5. The number of hydrogen-bond acceptors (Lipinski definition) is 8. The molecular formula is C32H36N6O4S2. The van der Waals surface area contributed by atoms with Crippen molar-refractivity contribution in [3.8, 4) is 0 Å². The molecule has 230 valence electrons. The zero-order chi connectivity index (χ0) is 30.9. The molecule has 0 saturated carbocycles. The second kappa shape index (κ2) is 15.2. The number of aromatic nitrogens is 2. The molecule has 4 aromatic rings. The normalized spacial score (nSPS) is 14.0. The number of nitrogens with one attached hydrogen (secondary N) is 3. The van der Waals surface area contributed by atoms with Crippen LogP contribution in [0.2, 0.25) is 0 Å². The maximum absolute atomic E-state index is 13.0. The van der Waals surface area contributed by atoms with Crippen LogP contribution in [0.1, 0.15) is 44.5 Å². The number of aromatic amines is 1. The van der Waals surface area contributed by atoms with Crippen molar-refractivity contribution in [3.63, 3.8) is 0 Å². The average Bonchev–Trinajstić information content (AvgIpc) is 3.74. The highest BCUT2D eigenvalue weighted by molar-refractivity contribution is 8.00. The van der Waals surface area contributed by atoms with Crippen molar-refractivity contribution in [3.05, 3.63) is 101 Å². The Morgan fingerprint density at radius 2 is 1.77 bits per heavy atom. The Balaban J connectivity index is 1.08. The van der Waals surface area contributed by atoms with E-state index in [1.165, 1.54) is 11.3 Å². The number of piperazine rings is 1. The summed E-state index contributed by atoms with van der Waals surface area (Å²) in [6.45, 7) is 4.36. The molecule has 0 bridgehead atoms. The minimum Gasteiger partial charge on any atom is -0.395 e. The smallest absolute Gasteiger partial charge is 0.257 e. The van der Waals surface area contributed by atoms with E-state index < -0.39 is 0 Å². The highest BCUT2D eigenvalue weighted by Gasteiger charge is 2.23. The van der Waals surface area contributed by atoms with Gasteiger partial charge in [-0.2, -0.15) is 0 Å². The monoisotopic (exact) mass is 632 g/mol. The van der Waals surface area contributed by atoms with Crippen molar-refractivity contribution in [2.75, 3.05) is 38.1 Å². The Kier molecular flexibility index (Phi) is 10.8. The Hall–Kier alpha value is -3.97. The van der Waals surface area contributed by atoms with Crippen LogP contribution in [0.15, 0.2) is 77.3 Å². The Bertz CT molecular complexity index is 1550. The van der Waals surface area contributed by atoms with Gasteiger partial charge in [-0.1, -0.05) is 35.6 Å². The molecule has 1 fully saturated rings. The molecule has 1 aliphatic heterocycles. The van der Waals surface area contributed by atoms with Crippen molar-refractivity contribution in [2.24, 2.45) is 0 Å². The molecule has 12 heteroatoms. The third-order valence-corrected chi connectivity index (χ3v) is 9.61. The lowest BCUT2D eigenvalue weighted by molar-refractivity contribution is -0.130. The van der Waals surface area contributed by atoms with Crippen LogP contribution in [0, 0.1) is 0 Å². The first kappa shape index (κ1) is 31.5. The number of carbonyl (C=O) groups excluding carboxylic acids is 3. The summed E-state index contributed by atoms with van der Waals surface area (Å²) in [6, 6.07) is 18.9. The summed E-state index contributed by atoms with van der Waals surface area (Å²) in [5.74, 6) is 0.448. The fraction of sp³-hybridized carbons (Fsp3) is 0.312. The number of carbonyl (C=O) groups is 3. The van der Waals surface area contributed by atoms with E-state index in [2.05, 4.69) is 20.6 Å². The third-order valence-electron chi connectivity index (χ3n) is 7.43. The highest BCUT2D eigenvalue weighted by Crippen LogP contribution is 2.31. The van der Waals surface area contributed by atoms with Crippen LogP contribution < -0.4 is 10.6 Å². The van der Waals surface area contributed by atoms with Gasteiger partial charge in [-0.25, -0.2) is 4.98 Å². The minimum atomic E-state index is -0.231. The van der Waals surface area contributed by atoms with Crippen molar-refractivity contribution < 1.29 is 19.5 Å². The van der Waals surface area contributed by atoms with Crippen LogP contribution in [0.25, 0.3) is 0 Å². The molecule has 2 aromatic carbocycles. The lowest BCUT2D eigenvalue weighted by Crippen LogP contribution is -2.50. The average molecular weight is 633 g/mol. The molecule has 5 rings (SSSR count). The van der Waals surface area contributed by atoms with Crippen LogP contribution in [-0.4, -0.2) is 81.4 Å². The van der Waals surface area contributed by atoms with Crippen LogP contribution >= 0.6 is 23.1 Å². The van der Waals surface area contributed by atoms with E-state index in [0.29, 0.717) is 61.2 Å². The number of thiazole rings is 1. The fourth-order valence-corrected chi connectivity index (χ4v) is 6.72. The lowest BCUT2D eigenvalue weighted by atomic mass is 10.1. The van der Waals surface area contributed by atoms with Crippen molar-refractivity contribution >= 4 is 46.0 Å². The molecule has 10 nitrogen and oxygen atoms in total. The van der Waals surface area contributed by atoms with Gasteiger partial charge < -0.3 is 25.2 Å². The Morgan fingerprint density at radius 3 is 2.48 bits per heavy atom. The van der Waals surface area contributed by atoms with E-state index >= 15 is 0 Å². The third kappa shape index (κ3) is 8.56. The maximum atomic E-state index is 13.0. The first-order chi connectivity index (χ1) is 21.4. The number of benzene rings is 2. The van der Waals surface area contributed by atoms with Gasteiger partial charge >= 0.3 is 0 Å². The molecule has 0 aliphatic carbocycles. The first-order valence-corrected chi connectivity index (χ1v) is 16.3. The van der Waals surface area contributed by atoms with Gasteiger partial charge in [-0.15, -0.1) is 11.8 Å². The van der Waals surface area contributed by atoms with Crippen LogP contribution in [0.4, 0.5) is 5.13 Å². The summed E-state index contributed by atoms with van der Waals surface area (Å²) < 4.78 is 0.955. The Morgan fingerprint density at radius 1 is 1.00 bits per heavy atom. The predicted octanol–water partition coefficient (Wildman–Crippen LogP) is 4.01. The second-order valence-corrected chi connectivity index (χ2v) is 12.9. The number of H-pyrrole nitrogens is 1. The molecule has 0 radical (unpaired) electrons. The molecule has 3 amide bonds. The predicted molar refractivity (Wildman–Crippen MR) is 173 cm³/mol. The van der Waals surface area contributed by atoms with Crippen LogP contribution in [0.3, 0.4) is 0 Å². The van der Waals surface area contributed by atoms with Crippen molar-refractivity contribution in [1.29, 1.82) is 0 Å². The van der Waals surface area contributed by atoms with Gasteiger partial charge in [-0.3, -0.25) is 19.7 Å². The number of rotatable bonds is 12. The number of nitrogens with zero attached hydrogens (tertiary/aromatic N) is 3. The van der Waals surface area contributed by atoms with Gasteiger partial charge in [0.1, 0.15) is 0 Å². The molecule has 44 heavy (non-hydrogen) atoms. The standard InChI is InChI=1S/C32H36N6O4S2/c1-22(40)37-12-14-38(15-13-37)31(42)26-5-2-4-24(16-26)21-43-29-19-35-32(44-29)36-30(41)25-9-7-23(8-10-25)18-34-28(20-39)17-27-6-3-11-33-27/h2-11,16,19,28,33-34,39H,12-15,17-18,20-21H2,1H3,(H,35,36,41)/t28-/m0/s1. The van der Waals surface area contributed by atoms with Gasteiger partial charge in [0, 0.05) is 80.9 Å². The van der Waals surface area contributed by atoms with Crippen molar-refractivity contribution in [1.82, 2.24) is 25.1 Å². The summed E-state index contributed by atoms with van der Waals surface area (Å²) in [7, 11) is 0. The molecule has 3 heterocycles. The molecule has 1 aliphatic rings. The second-order valence-electron chi connectivity index (χ2n) is 10.6. The van der Waals surface area contributed by atoms with E-state index in [4.69, 9.17) is 0 Å². The Labute approximate surface area is 264 Å². The summed E-state index contributed by atoms with van der Waals surface area (Å²) >= 11 is 3.00. The number of anilines is 1. The zero-order valence-electron chi connectivity index (χ0n) is 24.5. The van der Waals surface area contributed by atoms with Gasteiger partial charge in [0.25, 0.3) is 11.8 Å². The quantitative estimate of drug-likeness (QED) is 0.174. The van der Waals surface area contributed by atoms with Gasteiger partial charge in [0.15, 0.2) is 5.13 Å². The minimum absolute atomic E-state index is 0.0194. The van der Waals surface area contributed by atoms with Gasteiger partial charge in [0.2, 0.25) is 5.91 Å². The molecule has 0 unspecified atom stereocenters. The number of aliphatic hydroxyl groups is 1. The van der Waals surface area contributed by atoms with E-state index in [1.54, 1.807) is 46.8 Å². The van der Waals surface area contributed by atoms with E-state index in [1.807, 2.05) is 54.7 Å². The molecule has 4 N–H and O–H groups in total. The largest absolute Gasteiger partial charge is 0.395 e. The summed E-state index contributed by atoms with van der Waals surface area (Å²) in [6.07, 6.45) is 4.31. The molecular weight excluding hydrogens is 597 g/mol. The van der Waals surface area contributed by atoms with E-state index in [-0.39, 0.29) is 30.4 Å². The number of thioether (sulfide) groups is 1. The van der Waals surface area contributed by atoms with Gasteiger partial charge in [0.05, 0.1) is 17.0 Å². The summed E-state index contributed by atoms with van der Waals surface area (Å²) in [5, 5.41) is 16.4. The van der Waals surface area contributed by atoms with E-state index in [0.717, 1.165) is 21.0 Å². The molecule has 1 atom stereocenters. The number of amides is 3. The summed E-state index contributed by atoms with van der Waals surface area (Å²) in [5.41, 5.74) is 4.27. The lowest BCUT2D eigenvalue weighted by Gasteiger charge is -2.34. The number of aliphatic hydroxyl groups excluding tert-OH is 1. The SMILES string of the molecule is CC(=O)N1CCN(C(=O)c2cccc(CSc3cnc(NC(=O)c4ccc(CN[C@H](CO)Cc5ccc[nH]5)cc4)s3)c2)CC1. The van der Waals surface area contributed by atoms with Crippen LogP contribution in [-0.2, 0) is 23.5 Å². The van der Waals surface area contributed by atoms with Crippen LogP contribution in [0.5, 0.6) is 0 Å².